The molecule has 0 aliphatic heterocycles. The van der Waals surface area contributed by atoms with E-state index in [1.54, 1.807) is 0 Å². The van der Waals surface area contributed by atoms with Crippen LogP contribution in [0.1, 0.15) is 0 Å². The molecule has 0 aliphatic rings. The van der Waals surface area contributed by atoms with Crippen molar-refractivity contribution in [2.45, 2.75) is 0 Å². The summed E-state index contributed by atoms with van der Waals surface area (Å²) < 4.78 is 0. The van der Waals surface area contributed by atoms with Crippen LogP contribution in [0, 0.1) is 0 Å². The van der Waals surface area contributed by atoms with E-state index >= 15 is 0 Å². The first-order valence-corrected chi connectivity index (χ1v) is 15.7. The van der Waals surface area contributed by atoms with Gasteiger partial charge in [-0.15, -0.1) is 0 Å². The van der Waals surface area contributed by atoms with E-state index in [2.05, 4.69) is 151 Å². The Labute approximate surface area is 267 Å². The third kappa shape index (κ3) is 4.35. The molecule has 2 aromatic heterocycles. The fourth-order valence-electron chi connectivity index (χ4n) is 6.91. The van der Waals surface area contributed by atoms with Crippen LogP contribution in [0.2, 0.25) is 0 Å². The molecule has 9 rings (SSSR count). The Kier molecular flexibility index (Phi) is 6.17. The van der Waals surface area contributed by atoms with E-state index in [0.717, 1.165) is 38.8 Å². The highest BCUT2D eigenvalue weighted by molar-refractivity contribution is 6.19. The van der Waals surface area contributed by atoms with Crippen LogP contribution in [0.5, 0.6) is 0 Å². The molecule has 0 saturated carbocycles. The summed E-state index contributed by atoms with van der Waals surface area (Å²) in [4.78, 5) is 9.97. The molecule has 0 unspecified atom stereocenters. The Morgan fingerprint density at radius 2 is 0.848 bits per heavy atom. The van der Waals surface area contributed by atoms with Gasteiger partial charge in [0.25, 0.3) is 0 Å². The zero-order chi connectivity index (χ0) is 30.5. The second-order valence-electron chi connectivity index (χ2n) is 11.8. The first kappa shape index (κ1) is 26.3. The Morgan fingerprint density at radius 3 is 1.48 bits per heavy atom. The number of aromatic nitrogens is 2. The molecule has 0 N–H and O–H groups in total. The van der Waals surface area contributed by atoms with Crippen LogP contribution in [0.25, 0.3) is 88.0 Å². The van der Waals surface area contributed by atoms with Crippen molar-refractivity contribution in [2.24, 2.45) is 0 Å². The average Bonchev–Trinajstić information content (AvgIpc) is 3.14. The van der Waals surface area contributed by atoms with E-state index in [0.29, 0.717) is 0 Å². The molecule has 0 atom stereocenters. The second kappa shape index (κ2) is 10.8. The number of hydrogen-bond acceptors (Lipinski definition) is 2. The fourth-order valence-corrected chi connectivity index (χ4v) is 6.91. The minimum Gasteiger partial charge on any atom is -0.256 e. The van der Waals surface area contributed by atoms with Crippen LogP contribution in [-0.4, -0.2) is 9.97 Å². The molecule has 0 spiro atoms. The maximum absolute atomic E-state index is 5.42. The quantitative estimate of drug-likeness (QED) is 0.192. The van der Waals surface area contributed by atoms with Crippen LogP contribution in [0.15, 0.2) is 170 Å². The molecule has 0 saturated heterocycles. The summed E-state index contributed by atoms with van der Waals surface area (Å²) >= 11 is 0. The van der Waals surface area contributed by atoms with E-state index < -0.39 is 0 Å². The molecule has 2 heteroatoms. The van der Waals surface area contributed by atoms with Crippen molar-refractivity contribution in [3.8, 4) is 44.8 Å². The molecule has 7 aromatic carbocycles. The van der Waals surface area contributed by atoms with Crippen molar-refractivity contribution < 1.29 is 0 Å². The Hall–Kier alpha value is -6.12. The molecular weight excluding hydrogens is 556 g/mol. The topological polar surface area (TPSA) is 25.8 Å². The smallest absolute Gasteiger partial charge is 0.0794 e. The standard InChI is InChI=1S/C44H28N2/c1-3-15-33-29(11-1)13-9-19-35(33)39-27-41-40(36-20-10-14-30-12-2-4-16-34(30)36)28-43(46-44(41)38-18-6-5-17-37(38)39)32-24-22-31(23-25-32)42-21-7-8-26-45-42/h1-28H. The second-order valence-corrected chi connectivity index (χ2v) is 11.8. The van der Waals surface area contributed by atoms with Crippen molar-refractivity contribution >= 4 is 43.2 Å². The van der Waals surface area contributed by atoms with Crippen molar-refractivity contribution in [3.05, 3.63) is 170 Å². The van der Waals surface area contributed by atoms with E-state index in [1.165, 1.54) is 49.2 Å². The predicted octanol–water partition coefficient (Wildman–Crippen LogP) is 11.8. The Bertz CT molecular complexity index is 2560. The van der Waals surface area contributed by atoms with Gasteiger partial charge in [-0.3, -0.25) is 4.98 Å². The highest BCUT2D eigenvalue weighted by atomic mass is 14.7. The monoisotopic (exact) mass is 584 g/mol. The molecule has 9 aromatic rings. The summed E-state index contributed by atoms with van der Waals surface area (Å²) in [5.74, 6) is 0. The van der Waals surface area contributed by atoms with Gasteiger partial charge in [0, 0.05) is 28.1 Å². The van der Waals surface area contributed by atoms with Crippen LogP contribution < -0.4 is 0 Å². The van der Waals surface area contributed by atoms with Crippen molar-refractivity contribution in [2.75, 3.05) is 0 Å². The average molecular weight is 585 g/mol. The lowest BCUT2D eigenvalue weighted by atomic mass is 9.88. The van der Waals surface area contributed by atoms with Gasteiger partial charge in [-0.1, -0.05) is 140 Å². The summed E-state index contributed by atoms with van der Waals surface area (Å²) in [6, 6.07) is 58.5. The number of fused-ring (bicyclic) bond motifs is 5. The molecule has 2 heterocycles. The molecule has 0 amide bonds. The Balaban J connectivity index is 1.36. The normalized spacial score (nSPS) is 11.5. The van der Waals surface area contributed by atoms with Crippen LogP contribution in [-0.2, 0) is 0 Å². The molecule has 2 nitrogen and oxygen atoms in total. The van der Waals surface area contributed by atoms with Gasteiger partial charge in [0.1, 0.15) is 0 Å². The first-order chi connectivity index (χ1) is 22.8. The number of rotatable bonds is 4. The van der Waals surface area contributed by atoms with Crippen LogP contribution in [0.3, 0.4) is 0 Å². The summed E-state index contributed by atoms with van der Waals surface area (Å²) in [6.07, 6.45) is 1.84. The van der Waals surface area contributed by atoms with Gasteiger partial charge in [-0.05, 0) is 73.5 Å². The fraction of sp³-hybridized carbons (Fsp3) is 0. The molecule has 214 valence electrons. The molecule has 46 heavy (non-hydrogen) atoms. The summed E-state index contributed by atoms with van der Waals surface area (Å²) in [6.45, 7) is 0. The van der Waals surface area contributed by atoms with E-state index in [1.807, 2.05) is 24.4 Å². The molecule has 0 radical (unpaired) electrons. The number of benzene rings is 7. The highest BCUT2D eigenvalue weighted by Crippen LogP contribution is 2.43. The minimum absolute atomic E-state index is 0.950. The predicted molar refractivity (Wildman–Crippen MR) is 194 cm³/mol. The largest absolute Gasteiger partial charge is 0.256 e. The maximum Gasteiger partial charge on any atom is 0.0794 e. The Morgan fingerprint density at radius 1 is 0.326 bits per heavy atom. The SMILES string of the molecule is c1ccc(-c2ccc(-c3cc(-c4cccc5ccccc45)c4cc(-c5cccc6ccccc56)c5ccccc5c4n3)cc2)nc1. The van der Waals surface area contributed by atoms with E-state index in [-0.39, 0.29) is 0 Å². The molecular formula is C44H28N2. The van der Waals surface area contributed by atoms with Gasteiger partial charge in [0.15, 0.2) is 0 Å². The van der Waals surface area contributed by atoms with Crippen molar-refractivity contribution in [3.63, 3.8) is 0 Å². The first-order valence-electron chi connectivity index (χ1n) is 15.7. The zero-order valence-corrected chi connectivity index (χ0v) is 25.1. The van der Waals surface area contributed by atoms with E-state index in [9.17, 15) is 0 Å². The van der Waals surface area contributed by atoms with Crippen molar-refractivity contribution in [1.82, 2.24) is 9.97 Å². The van der Waals surface area contributed by atoms with Gasteiger partial charge in [-0.2, -0.15) is 0 Å². The van der Waals surface area contributed by atoms with Gasteiger partial charge >= 0.3 is 0 Å². The number of hydrogen-bond donors (Lipinski definition) is 0. The zero-order valence-electron chi connectivity index (χ0n) is 25.1. The summed E-state index contributed by atoms with van der Waals surface area (Å²) in [5.41, 5.74) is 9.91. The highest BCUT2D eigenvalue weighted by Gasteiger charge is 2.18. The molecule has 0 fully saturated rings. The van der Waals surface area contributed by atoms with Gasteiger partial charge in [0.2, 0.25) is 0 Å². The third-order valence-electron chi connectivity index (χ3n) is 9.12. The number of nitrogens with zero attached hydrogens (tertiary/aromatic N) is 2. The lowest BCUT2D eigenvalue weighted by Crippen LogP contribution is -1.94. The van der Waals surface area contributed by atoms with Crippen LogP contribution >= 0.6 is 0 Å². The molecule has 0 bridgehead atoms. The van der Waals surface area contributed by atoms with E-state index in [4.69, 9.17) is 4.98 Å². The lowest BCUT2D eigenvalue weighted by Gasteiger charge is -2.17. The van der Waals surface area contributed by atoms with Gasteiger partial charge < -0.3 is 0 Å². The van der Waals surface area contributed by atoms with Gasteiger partial charge in [-0.25, -0.2) is 4.98 Å². The van der Waals surface area contributed by atoms with Crippen LogP contribution in [0.4, 0.5) is 0 Å². The lowest BCUT2D eigenvalue weighted by molar-refractivity contribution is 1.32. The van der Waals surface area contributed by atoms with Crippen molar-refractivity contribution in [1.29, 1.82) is 0 Å². The van der Waals surface area contributed by atoms with Gasteiger partial charge in [0.05, 0.1) is 16.9 Å². The number of pyridine rings is 2. The third-order valence-corrected chi connectivity index (χ3v) is 9.12. The summed E-state index contributed by atoms with van der Waals surface area (Å²) in [5, 5.41) is 8.43. The minimum atomic E-state index is 0.950. The maximum atomic E-state index is 5.42. The molecule has 0 aliphatic carbocycles. The summed E-state index contributed by atoms with van der Waals surface area (Å²) in [7, 11) is 0.